The van der Waals surface area contributed by atoms with E-state index in [0.717, 1.165) is 5.75 Å². The van der Waals surface area contributed by atoms with Gasteiger partial charge in [0.15, 0.2) is 0 Å². The Morgan fingerprint density at radius 1 is 1.17 bits per heavy atom. The maximum Gasteiger partial charge on any atom is 0.320 e. The van der Waals surface area contributed by atoms with Gasteiger partial charge in [-0.1, -0.05) is 18.2 Å². The van der Waals surface area contributed by atoms with Crippen molar-refractivity contribution in [2.45, 2.75) is 45.7 Å². The highest BCUT2D eigenvalue weighted by Gasteiger charge is 2.12. The first kappa shape index (κ1) is 20.9. The first-order valence-corrected chi connectivity index (χ1v) is 7.30. The van der Waals surface area contributed by atoms with Crippen LogP contribution in [0.25, 0.3) is 0 Å². The van der Waals surface area contributed by atoms with Crippen molar-refractivity contribution >= 4 is 11.9 Å². The summed E-state index contributed by atoms with van der Waals surface area (Å²) in [5, 5.41) is 16.3. The summed E-state index contributed by atoms with van der Waals surface area (Å²) in [5.41, 5.74) is 13.0. The third kappa shape index (κ3) is 9.49. The number of aliphatic carboxylic acids is 2. The molecule has 0 aliphatic rings. The number of ether oxygens (including phenoxy) is 1. The number of carbonyl (C=O) groups is 2. The minimum Gasteiger partial charge on any atom is -0.491 e. The van der Waals surface area contributed by atoms with Gasteiger partial charge in [0.05, 0.1) is 0 Å². The van der Waals surface area contributed by atoms with Gasteiger partial charge in [-0.2, -0.15) is 0 Å². The first-order chi connectivity index (χ1) is 10.6. The van der Waals surface area contributed by atoms with E-state index in [4.69, 9.17) is 26.4 Å². The van der Waals surface area contributed by atoms with Crippen LogP contribution in [0.4, 0.5) is 0 Å². The quantitative estimate of drug-likeness (QED) is 0.592. The summed E-state index contributed by atoms with van der Waals surface area (Å²) in [5.74, 6) is -1.22. The lowest BCUT2D eigenvalue weighted by molar-refractivity contribution is -0.139. The second kappa shape index (κ2) is 10.6. The molecule has 1 aromatic carbocycles. The molecule has 2 unspecified atom stereocenters. The molecule has 1 rings (SSSR count). The Balaban J connectivity index is 0.000000438. The molecule has 0 saturated carbocycles. The van der Waals surface area contributed by atoms with Gasteiger partial charge in [0.25, 0.3) is 0 Å². The van der Waals surface area contributed by atoms with Gasteiger partial charge in [-0.3, -0.25) is 9.59 Å². The van der Waals surface area contributed by atoms with E-state index in [1.165, 1.54) is 11.1 Å². The van der Waals surface area contributed by atoms with E-state index < -0.39 is 18.0 Å². The van der Waals surface area contributed by atoms with Crippen LogP contribution in [0.1, 0.15) is 30.9 Å². The van der Waals surface area contributed by atoms with Crippen LogP contribution in [0.2, 0.25) is 0 Å². The van der Waals surface area contributed by atoms with Crippen molar-refractivity contribution in [3.8, 4) is 5.75 Å². The summed E-state index contributed by atoms with van der Waals surface area (Å²) in [7, 11) is 0. The minimum atomic E-state index is -1.17. The van der Waals surface area contributed by atoms with E-state index in [1.54, 1.807) is 0 Å². The fraction of sp³-hybridized carbons (Fsp3) is 0.500. The molecule has 7 nitrogen and oxygen atoms in total. The largest absolute Gasteiger partial charge is 0.491 e. The van der Waals surface area contributed by atoms with Gasteiger partial charge in [-0.05, 0) is 38.3 Å². The fourth-order valence-corrected chi connectivity index (χ4v) is 1.64. The molecular formula is C16H26N2O5. The number of carboxylic acids is 2. The molecule has 2 atom stereocenters. The van der Waals surface area contributed by atoms with Crippen LogP contribution in [-0.2, 0) is 9.59 Å². The van der Waals surface area contributed by atoms with Gasteiger partial charge in [0.2, 0.25) is 0 Å². The van der Waals surface area contributed by atoms with Crippen molar-refractivity contribution in [3.63, 3.8) is 0 Å². The standard InChI is InChI=1S/C11H17NO.C5H9NO4/c1-8-5-4-6-9(2)11(8)13-7-10(3)12;6-3(5(9)10)1-2-4(7)8/h4-6,10H,7,12H2,1-3H3;3H,1-2,6H2,(H,7,8)(H,9,10). The van der Waals surface area contributed by atoms with Crippen molar-refractivity contribution in [3.05, 3.63) is 29.3 Å². The molecule has 0 heterocycles. The summed E-state index contributed by atoms with van der Waals surface area (Å²) < 4.78 is 5.60. The fourth-order valence-electron chi connectivity index (χ4n) is 1.64. The highest BCUT2D eigenvalue weighted by molar-refractivity contribution is 5.74. The van der Waals surface area contributed by atoms with Crippen molar-refractivity contribution in [1.29, 1.82) is 0 Å². The molecule has 0 fully saturated rings. The van der Waals surface area contributed by atoms with E-state index in [0.29, 0.717) is 6.61 Å². The molecule has 1 aromatic rings. The molecule has 6 N–H and O–H groups in total. The second-order valence-corrected chi connectivity index (χ2v) is 5.39. The van der Waals surface area contributed by atoms with Gasteiger partial charge in [0.1, 0.15) is 18.4 Å². The van der Waals surface area contributed by atoms with Gasteiger partial charge in [-0.25, -0.2) is 0 Å². The summed E-state index contributed by atoms with van der Waals surface area (Å²) in [4.78, 5) is 19.9. The number of aryl methyl sites for hydroxylation is 2. The van der Waals surface area contributed by atoms with E-state index in [1.807, 2.05) is 39.0 Å². The van der Waals surface area contributed by atoms with Gasteiger partial charge in [0, 0.05) is 12.5 Å². The van der Waals surface area contributed by atoms with Crippen LogP contribution < -0.4 is 16.2 Å². The molecule has 0 aliphatic carbocycles. The van der Waals surface area contributed by atoms with Crippen molar-refractivity contribution in [1.82, 2.24) is 0 Å². The van der Waals surface area contributed by atoms with Crippen LogP contribution in [-0.4, -0.2) is 40.8 Å². The number of para-hydroxylation sites is 1. The Morgan fingerprint density at radius 2 is 1.70 bits per heavy atom. The maximum atomic E-state index is 9.99. The smallest absolute Gasteiger partial charge is 0.320 e. The highest BCUT2D eigenvalue weighted by atomic mass is 16.5. The predicted molar refractivity (Wildman–Crippen MR) is 87.5 cm³/mol. The van der Waals surface area contributed by atoms with Crippen molar-refractivity contribution in [2.75, 3.05) is 6.61 Å². The third-order valence-electron chi connectivity index (χ3n) is 2.89. The third-order valence-corrected chi connectivity index (χ3v) is 2.89. The van der Waals surface area contributed by atoms with Crippen LogP contribution in [0, 0.1) is 13.8 Å². The molecule has 0 spiro atoms. The Bertz CT molecular complexity index is 497. The summed E-state index contributed by atoms with van der Waals surface area (Å²) in [6.07, 6.45) is -0.224. The van der Waals surface area contributed by atoms with E-state index in [2.05, 4.69) is 0 Å². The molecule has 0 aliphatic heterocycles. The van der Waals surface area contributed by atoms with Gasteiger partial charge in [-0.15, -0.1) is 0 Å². The monoisotopic (exact) mass is 326 g/mol. The number of hydrogen-bond donors (Lipinski definition) is 4. The molecule has 0 aromatic heterocycles. The number of rotatable bonds is 7. The van der Waals surface area contributed by atoms with Crippen LogP contribution >= 0.6 is 0 Å². The molecular weight excluding hydrogens is 300 g/mol. The van der Waals surface area contributed by atoms with Crippen molar-refractivity contribution in [2.24, 2.45) is 11.5 Å². The van der Waals surface area contributed by atoms with Crippen LogP contribution in [0.15, 0.2) is 18.2 Å². The molecule has 0 amide bonds. The zero-order chi connectivity index (χ0) is 18.0. The molecule has 130 valence electrons. The number of carboxylic acid groups (broad SMARTS) is 2. The lowest BCUT2D eigenvalue weighted by Crippen LogP contribution is -2.30. The Hall–Kier alpha value is -2.12. The average Bonchev–Trinajstić information content (AvgIpc) is 2.44. The van der Waals surface area contributed by atoms with Crippen LogP contribution in [0.5, 0.6) is 5.75 Å². The van der Waals surface area contributed by atoms with E-state index >= 15 is 0 Å². The summed E-state index contributed by atoms with van der Waals surface area (Å²) in [6.45, 7) is 6.60. The zero-order valence-electron chi connectivity index (χ0n) is 13.8. The Kier molecular flexibility index (Phi) is 9.60. The second-order valence-electron chi connectivity index (χ2n) is 5.39. The molecule has 0 bridgehead atoms. The van der Waals surface area contributed by atoms with E-state index in [-0.39, 0.29) is 18.9 Å². The lowest BCUT2D eigenvalue weighted by atomic mass is 10.1. The maximum absolute atomic E-state index is 9.99. The Morgan fingerprint density at radius 3 is 2.09 bits per heavy atom. The van der Waals surface area contributed by atoms with Crippen LogP contribution in [0.3, 0.4) is 0 Å². The zero-order valence-corrected chi connectivity index (χ0v) is 13.8. The van der Waals surface area contributed by atoms with E-state index in [9.17, 15) is 9.59 Å². The number of hydrogen-bond acceptors (Lipinski definition) is 5. The summed E-state index contributed by atoms with van der Waals surface area (Å²) in [6, 6.07) is 5.14. The van der Waals surface area contributed by atoms with Gasteiger partial charge >= 0.3 is 11.9 Å². The molecule has 0 saturated heterocycles. The number of benzene rings is 1. The molecule has 23 heavy (non-hydrogen) atoms. The van der Waals surface area contributed by atoms with Gasteiger partial charge < -0.3 is 26.4 Å². The average molecular weight is 326 g/mol. The normalized spacial score (nSPS) is 12.6. The van der Waals surface area contributed by atoms with Crippen molar-refractivity contribution < 1.29 is 24.5 Å². The summed E-state index contributed by atoms with van der Waals surface area (Å²) >= 11 is 0. The predicted octanol–water partition coefficient (Wildman–Crippen LogP) is 1.29. The first-order valence-electron chi connectivity index (χ1n) is 7.30. The number of nitrogens with two attached hydrogens (primary N) is 2. The molecule has 7 heteroatoms. The molecule has 0 radical (unpaired) electrons. The minimum absolute atomic E-state index is 0.0231. The lowest BCUT2D eigenvalue weighted by Gasteiger charge is -2.13. The topological polar surface area (TPSA) is 136 Å². The Labute approximate surface area is 136 Å². The highest BCUT2D eigenvalue weighted by Crippen LogP contribution is 2.22. The SMILES string of the molecule is Cc1cccc(C)c1OCC(C)N.NC(CCC(=O)O)C(=O)O.